The van der Waals surface area contributed by atoms with E-state index < -0.39 is 0 Å². The molecule has 0 atom stereocenters. The Morgan fingerprint density at radius 3 is 2.56 bits per heavy atom. The monoisotopic (exact) mass is 363 g/mol. The van der Waals surface area contributed by atoms with E-state index in [0.717, 1.165) is 59.7 Å². The van der Waals surface area contributed by atoms with Crippen molar-refractivity contribution >= 4 is 17.2 Å². The molecule has 0 unspecified atom stereocenters. The normalized spacial score (nSPS) is 15.0. The minimum Gasteiger partial charge on any atom is -0.497 e. The number of hydrogen-bond acceptors (Lipinski definition) is 3. The zero-order valence-electron chi connectivity index (χ0n) is 15.9. The molecule has 5 nitrogen and oxygen atoms in total. The molecule has 1 aromatic carbocycles. The number of methoxy groups -OCH3 is 1. The molecule has 1 aliphatic rings. The number of aromatic nitrogens is 2. The van der Waals surface area contributed by atoms with Crippen LogP contribution in [0, 0.1) is 12.8 Å². The Bertz CT molecular complexity index is 954. The molecule has 2 aromatic heterocycles. The van der Waals surface area contributed by atoms with Crippen LogP contribution in [0.4, 0.5) is 5.69 Å². The molecule has 0 aliphatic heterocycles. The number of carbonyl (C=O) groups is 1. The summed E-state index contributed by atoms with van der Waals surface area (Å²) in [6.07, 6.45) is 7.52. The number of pyridine rings is 1. The number of rotatable bonds is 4. The Morgan fingerprint density at radius 1 is 1.11 bits per heavy atom. The van der Waals surface area contributed by atoms with Crippen LogP contribution in [0.3, 0.4) is 0 Å². The summed E-state index contributed by atoms with van der Waals surface area (Å²) in [5.74, 6) is 1.11. The Hall–Kier alpha value is -2.82. The lowest BCUT2D eigenvalue weighted by molar-refractivity contribution is -0.120. The summed E-state index contributed by atoms with van der Waals surface area (Å²) in [5.41, 5.74) is 4.72. The number of benzene rings is 1. The summed E-state index contributed by atoms with van der Waals surface area (Å²) in [6.45, 7) is 2.05. The van der Waals surface area contributed by atoms with Crippen LogP contribution < -0.4 is 10.1 Å². The third kappa shape index (κ3) is 3.54. The van der Waals surface area contributed by atoms with Crippen molar-refractivity contribution in [1.82, 2.24) is 9.38 Å². The third-order valence-corrected chi connectivity index (χ3v) is 5.46. The Morgan fingerprint density at radius 2 is 1.85 bits per heavy atom. The van der Waals surface area contributed by atoms with Crippen LogP contribution in [0.15, 0.2) is 42.6 Å². The van der Waals surface area contributed by atoms with Gasteiger partial charge < -0.3 is 14.5 Å². The molecule has 0 radical (unpaired) electrons. The highest BCUT2D eigenvalue weighted by Crippen LogP contribution is 2.28. The van der Waals surface area contributed by atoms with Crippen molar-refractivity contribution in [2.75, 3.05) is 12.4 Å². The second kappa shape index (κ2) is 7.43. The number of carbonyl (C=O) groups excluding carboxylic acids is 1. The summed E-state index contributed by atoms with van der Waals surface area (Å²) in [7, 11) is 1.66. The Balaban J connectivity index is 1.60. The van der Waals surface area contributed by atoms with E-state index in [2.05, 4.69) is 5.32 Å². The van der Waals surface area contributed by atoms with E-state index in [9.17, 15) is 4.79 Å². The zero-order chi connectivity index (χ0) is 18.8. The first-order valence-corrected chi connectivity index (χ1v) is 9.60. The standard InChI is InChI=1S/C22H25N3O2/c1-15-21(16-8-11-19(27-2)12-9-16)24-20-13-10-18(14-25(15)20)23-22(26)17-6-4-3-5-7-17/h8-14,17H,3-7H2,1-2H3,(H,23,26). The number of anilines is 1. The highest BCUT2D eigenvalue weighted by Gasteiger charge is 2.21. The average molecular weight is 363 g/mol. The molecule has 2 heterocycles. The highest BCUT2D eigenvalue weighted by molar-refractivity contribution is 5.92. The van der Waals surface area contributed by atoms with Crippen LogP contribution in [-0.4, -0.2) is 22.4 Å². The Labute approximate surface area is 159 Å². The molecule has 4 rings (SSSR count). The number of nitrogens with one attached hydrogen (secondary N) is 1. The molecule has 1 N–H and O–H groups in total. The largest absolute Gasteiger partial charge is 0.497 e. The van der Waals surface area contributed by atoms with Gasteiger partial charge in [0.25, 0.3) is 0 Å². The minimum atomic E-state index is 0.141. The molecule has 0 saturated heterocycles. The maximum Gasteiger partial charge on any atom is 0.227 e. The fraction of sp³-hybridized carbons (Fsp3) is 0.364. The lowest BCUT2D eigenvalue weighted by Crippen LogP contribution is -2.24. The van der Waals surface area contributed by atoms with E-state index in [4.69, 9.17) is 9.72 Å². The van der Waals surface area contributed by atoms with Crippen molar-refractivity contribution in [3.05, 3.63) is 48.3 Å². The van der Waals surface area contributed by atoms with E-state index in [0.29, 0.717) is 0 Å². The van der Waals surface area contributed by atoms with Gasteiger partial charge in [-0.2, -0.15) is 0 Å². The summed E-state index contributed by atoms with van der Waals surface area (Å²) < 4.78 is 7.27. The van der Waals surface area contributed by atoms with Gasteiger partial charge in [0.15, 0.2) is 0 Å². The predicted octanol–water partition coefficient (Wildman–Crippen LogP) is 4.84. The Kier molecular flexibility index (Phi) is 4.84. The van der Waals surface area contributed by atoms with E-state index in [1.165, 1.54) is 6.42 Å². The van der Waals surface area contributed by atoms with Crippen molar-refractivity contribution in [3.8, 4) is 17.0 Å². The van der Waals surface area contributed by atoms with Crippen molar-refractivity contribution < 1.29 is 9.53 Å². The van der Waals surface area contributed by atoms with Crippen molar-refractivity contribution in [3.63, 3.8) is 0 Å². The molecule has 140 valence electrons. The van der Waals surface area contributed by atoms with Gasteiger partial charge in [-0.25, -0.2) is 4.98 Å². The van der Waals surface area contributed by atoms with Crippen LogP contribution >= 0.6 is 0 Å². The molecular weight excluding hydrogens is 338 g/mol. The van der Waals surface area contributed by atoms with E-state index in [1.54, 1.807) is 7.11 Å². The summed E-state index contributed by atoms with van der Waals surface area (Å²) in [6, 6.07) is 11.8. The van der Waals surface area contributed by atoms with Gasteiger partial charge in [0.05, 0.1) is 18.5 Å². The second-order valence-electron chi connectivity index (χ2n) is 7.24. The van der Waals surface area contributed by atoms with Gasteiger partial charge in [0, 0.05) is 23.4 Å². The quantitative estimate of drug-likeness (QED) is 0.722. The summed E-state index contributed by atoms with van der Waals surface area (Å²) in [4.78, 5) is 17.3. The second-order valence-corrected chi connectivity index (χ2v) is 7.24. The fourth-order valence-electron chi connectivity index (χ4n) is 3.87. The first-order valence-electron chi connectivity index (χ1n) is 9.60. The number of nitrogens with zero attached hydrogens (tertiary/aromatic N) is 2. The van der Waals surface area contributed by atoms with Gasteiger partial charge in [-0.3, -0.25) is 4.79 Å². The molecule has 0 bridgehead atoms. The maximum absolute atomic E-state index is 12.5. The number of amides is 1. The van der Waals surface area contributed by atoms with Gasteiger partial charge in [0.2, 0.25) is 5.91 Å². The number of fused-ring (bicyclic) bond motifs is 1. The van der Waals surface area contributed by atoms with Crippen LogP contribution in [-0.2, 0) is 4.79 Å². The molecule has 1 saturated carbocycles. The average Bonchev–Trinajstić information content (AvgIpc) is 3.05. The predicted molar refractivity (Wildman–Crippen MR) is 107 cm³/mol. The van der Waals surface area contributed by atoms with E-state index in [-0.39, 0.29) is 11.8 Å². The van der Waals surface area contributed by atoms with Crippen LogP contribution in [0.5, 0.6) is 5.75 Å². The van der Waals surface area contributed by atoms with Gasteiger partial charge in [0.1, 0.15) is 11.4 Å². The topological polar surface area (TPSA) is 55.6 Å². The minimum absolute atomic E-state index is 0.141. The summed E-state index contributed by atoms with van der Waals surface area (Å²) in [5, 5.41) is 3.09. The molecule has 0 spiro atoms. The van der Waals surface area contributed by atoms with E-state index >= 15 is 0 Å². The van der Waals surface area contributed by atoms with Gasteiger partial charge in [-0.1, -0.05) is 19.3 Å². The SMILES string of the molecule is COc1ccc(-c2nc3ccc(NC(=O)C4CCCCC4)cn3c2C)cc1. The van der Waals surface area contributed by atoms with E-state index in [1.807, 2.05) is 53.9 Å². The highest BCUT2D eigenvalue weighted by atomic mass is 16.5. The molecule has 1 fully saturated rings. The first-order chi connectivity index (χ1) is 13.2. The van der Waals surface area contributed by atoms with Gasteiger partial charge >= 0.3 is 0 Å². The summed E-state index contributed by atoms with van der Waals surface area (Å²) >= 11 is 0. The third-order valence-electron chi connectivity index (χ3n) is 5.46. The molecule has 3 aromatic rings. The number of hydrogen-bond donors (Lipinski definition) is 1. The number of aryl methyl sites for hydroxylation is 1. The smallest absolute Gasteiger partial charge is 0.227 e. The number of imidazole rings is 1. The maximum atomic E-state index is 12.5. The van der Waals surface area contributed by atoms with Crippen molar-refractivity contribution in [2.24, 2.45) is 5.92 Å². The van der Waals surface area contributed by atoms with Crippen LogP contribution in [0.25, 0.3) is 16.9 Å². The van der Waals surface area contributed by atoms with Gasteiger partial charge in [-0.15, -0.1) is 0 Å². The molecule has 27 heavy (non-hydrogen) atoms. The fourth-order valence-corrected chi connectivity index (χ4v) is 3.87. The van der Waals surface area contributed by atoms with Crippen LogP contribution in [0.1, 0.15) is 37.8 Å². The molecular formula is C22H25N3O2. The van der Waals surface area contributed by atoms with Crippen molar-refractivity contribution in [1.29, 1.82) is 0 Å². The lowest BCUT2D eigenvalue weighted by Gasteiger charge is -2.20. The van der Waals surface area contributed by atoms with Gasteiger partial charge in [-0.05, 0) is 56.2 Å². The first kappa shape index (κ1) is 17.6. The molecule has 1 aliphatic carbocycles. The number of ether oxygens (including phenoxy) is 1. The molecule has 5 heteroatoms. The molecule has 1 amide bonds. The van der Waals surface area contributed by atoms with Crippen molar-refractivity contribution in [2.45, 2.75) is 39.0 Å². The van der Waals surface area contributed by atoms with Crippen LogP contribution in [0.2, 0.25) is 0 Å². The lowest BCUT2D eigenvalue weighted by atomic mass is 9.88. The zero-order valence-corrected chi connectivity index (χ0v) is 15.9.